The van der Waals surface area contributed by atoms with Gasteiger partial charge in [0.25, 0.3) is 0 Å². The Bertz CT molecular complexity index is 364. The van der Waals surface area contributed by atoms with Crippen LogP contribution in [0, 0.1) is 0 Å². The monoisotopic (exact) mass is 231 g/mol. The summed E-state index contributed by atoms with van der Waals surface area (Å²) in [5.74, 6) is 0. The van der Waals surface area contributed by atoms with Gasteiger partial charge in [-0.2, -0.15) is 13.2 Å². The van der Waals surface area contributed by atoms with Gasteiger partial charge in [-0.05, 0) is 17.5 Å². The molecule has 0 amide bonds. The summed E-state index contributed by atoms with van der Waals surface area (Å²) in [6.45, 7) is -0.585. The maximum Gasteiger partial charge on any atom is 0.411 e. The third-order valence-electron chi connectivity index (χ3n) is 2.48. The minimum absolute atomic E-state index is 0.638. The van der Waals surface area contributed by atoms with Crippen molar-refractivity contribution in [3.8, 4) is 0 Å². The first kappa shape index (κ1) is 11.4. The molecular formula is C11H12F3NO. The summed E-state index contributed by atoms with van der Waals surface area (Å²) in [5, 5.41) is 2.93. The van der Waals surface area contributed by atoms with Crippen LogP contribution in [0.25, 0.3) is 0 Å². The molecule has 0 spiro atoms. The zero-order valence-electron chi connectivity index (χ0n) is 8.55. The van der Waals surface area contributed by atoms with E-state index in [1.165, 1.54) is 0 Å². The maximum absolute atomic E-state index is 12.0. The highest BCUT2D eigenvalue weighted by molar-refractivity contribution is 5.30. The quantitative estimate of drug-likeness (QED) is 0.843. The Morgan fingerprint density at radius 2 is 2.06 bits per heavy atom. The van der Waals surface area contributed by atoms with Crippen LogP contribution in [-0.2, 0) is 11.2 Å². The molecule has 0 radical (unpaired) electrons. The highest BCUT2D eigenvalue weighted by Gasteiger charge is 2.30. The van der Waals surface area contributed by atoms with Crippen molar-refractivity contribution < 1.29 is 17.9 Å². The lowest BCUT2D eigenvalue weighted by Crippen LogP contribution is -2.34. The zero-order chi connectivity index (χ0) is 11.6. The molecule has 1 aromatic carbocycles. The van der Waals surface area contributed by atoms with Gasteiger partial charge in [0.2, 0.25) is 0 Å². The van der Waals surface area contributed by atoms with Crippen LogP contribution in [-0.4, -0.2) is 19.3 Å². The molecular weight excluding hydrogens is 219 g/mol. The highest BCUT2D eigenvalue weighted by Crippen LogP contribution is 2.25. The molecule has 1 unspecified atom stereocenters. The normalized spacial score (nSPS) is 20.6. The van der Waals surface area contributed by atoms with Gasteiger partial charge in [-0.1, -0.05) is 24.3 Å². The van der Waals surface area contributed by atoms with Gasteiger partial charge in [0.1, 0.15) is 12.8 Å². The standard InChI is InChI=1S/C11H12F3NO/c12-11(13,14)7-16-10-9-4-2-1-3-8(9)5-6-15-10/h1-4,10,15H,5-7H2. The fourth-order valence-corrected chi connectivity index (χ4v) is 1.79. The Morgan fingerprint density at radius 3 is 2.81 bits per heavy atom. The smallest absolute Gasteiger partial charge is 0.350 e. The van der Waals surface area contributed by atoms with Crippen molar-refractivity contribution in [1.29, 1.82) is 0 Å². The largest absolute Gasteiger partial charge is 0.411 e. The first-order valence-corrected chi connectivity index (χ1v) is 5.06. The Balaban J connectivity index is 2.07. The molecule has 1 aliphatic heterocycles. The van der Waals surface area contributed by atoms with Crippen LogP contribution < -0.4 is 5.32 Å². The summed E-state index contributed by atoms with van der Waals surface area (Å²) in [4.78, 5) is 0. The van der Waals surface area contributed by atoms with Gasteiger partial charge in [0.05, 0.1) is 0 Å². The number of benzene rings is 1. The van der Waals surface area contributed by atoms with Crippen LogP contribution in [0.15, 0.2) is 24.3 Å². The summed E-state index contributed by atoms with van der Waals surface area (Å²) in [5.41, 5.74) is 1.85. The Morgan fingerprint density at radius 1 is 1.31 bits per heavy atom. The third kappa shape index (κ3) is 2.74. The lowest BCUT2D eigenvalue weighted by molar-refractivity contribution is -0.190. The molecule has 16 heavy (non-hydrogen) atoms. The summed E-state index contributed by atoms with van der Waals surface area (Å²) in [7, 11) is 0. The van der Waals surface area contributed by atoms with E-state index in [1.54, 1.807) is 12.1 Å². The van der Waals surface area contributed by atoms with Gasteiger partial charge in [-0.3, -0.25) is 5.32 Å². The minimum atomic E-state index is -4.28. The Kier molecular flexibility index (Phi) is 3.16. The molecule has 0 aliphatic carbocycles. The van der Waals surface area contributed by atoms with Crippen LogP contribution in [0.5, 0.6) is 0 Å². The van der Waals surface area contributed by atoms with Gasteiger partial charge in [-0.25, -0.2) is 0 Å². The van der Waals surface area contributed by atoms with E-state index in [1.807, 2.05) is 12.1 Å². The van der Waals surface area contributed by atoms with Crippen LogP contribution >= 0.6 is 0 Å². The zero-order valence-corrected chi connectivity index (χ0v) is 8.55. The van der Waals surface area contributed by atoms with Crippen molar-refractivity contribution in [2.45, 2.75) is 18.8 Å². The second kappa shape index (κ2) is 4.43. The molecule has 5 heteroatoms. The van der Waals surface area contributed by atoms with Gasteiger partial charge >= 0.3 is 6.18 Å². The van der Waals surface area contributed by atoms with E-state index in [-0.39, 0.29) is 0 Å². The van der Waals surface area contributed by atoms with Gasteiger partial charge in [-0.15, -0.1) is 0 Å². The molecule has 0 bridgehead atoms. The topological polar surface area (TPSA) is 21.3 Å². The predicted octanol–water partition coefficient (Wildman–Crippen LogP) is 2.41. The maximum atomic E-state index is 12.0. The molecule has 0 saturated carbocycles. The highest BCUT2D eigenvalue weighted by atomic mass is 19.4. The molecule has 1 heterocycles. The molecule has 0 saturated heterocycles. The molecule has 0 aromatic heterocycles. The first-order chi connectivity index (χ1) is 7.56. The molecule has 2 rings (SSSR count). The summed E-state index contributed by atoms with van der Waals surface area (Å²) in [6, 6.07) is 7.39. The van der Waals surface area contributed by atoms with Crippen LogP contribution in [0.2, 0.25) is 0 Å². The Labute approximate surface area is 91.4 Å². The van der Waals surface area contributed by atoms with E-state index in [0.29, 0.717) is 6.54 Å². The van der Waals surface area contributed by atoms with E-state index < -0.39 is 19.0 Å². The van der Waals surface area contributed by atoms with Crippen molar-refractivity contribution in [3.05, 3.63) is 35.4 Å². The SMILES string of the molecule is FC(F)(F)COC1NCCc2ccccc21. The van der Waals surface area contributed by atoms with Crippen molar-refractivity contribution in [2.24, 2.45) is 0 Å². The fraction of sp³-hybridized carbons (Fsp3) is 0.455. The van der Waals surface area contributed by atoms with E-state index in [4.69, 9.17) is 4.74 Å². The number of ether oxygens (including phenoxy) is 1. The summed E-state index contributed by atoms with van der Waals surface area (Å²) < 4.78 is 40.9. The molecule has 88 valence electrons. The van der Waals surface area contributed by atoms with Gasteiger partial charge in [0, 0.05) is 6.54 Å². The predicted molar refractivity (Wildman–Crippen MR) is 52.9 cm³/mol. The number of halogens is 3. The lowest BCUT2D eigenvalue weighted by atomic mass is 10.00. The Hall–Kier alpha value is -1.07. The third-order valence-corrected chi connectivity index (χ3v) is 2.48. The second-order valence-corrected chi connectivity index (χ2v) is 3.71. The molecule has 1 N–H and O–H groups in total. The van der Waals surface area contributed by atoms with E-state index in [0.717, 1.165) is 17.5 Å². The van der Waals surface area contributed by atoms with Crippen molar-refractivity contribution in [3.63, 3.8) is 0 Å². The molecule has 2 nitrogen and oxygen atoms in total. The molecule has 0 fully saturated rings. The van der Waals surface area contributed by atoms with Crippen molar-refractivity contribution >= 4 is 0 Å². The van der Waals surface area contributed by atoms with Gasteiger partial charge < -0.3 is 4.74 Å². The average molecular weight is 231 g/mol. The van der Waals surface area contributed by atoms with E-state index in [9.17, 15) is 13.2 Å². The lowest BCUT2D eigenvalue weighted by Gasteiger charge is -2.27. The number of nitrogens with one attached hydrogen (secondary N) is 1. The van der Waals surface area contributed by atoms with Crippen molar-refractivity contribution in [1.82, 2.24) is 5.32 Å². The molecule has 1 atom stereocenters. The minimum Gasteiger partial charge on any atom is -0.350 e. The van der Waals surface area contributed by atoms with Crippen LogP contribution in [0.3, 0.4) is 0 Å². The first-order valence-electron chi connectivity index (χ1n) is 5.06. The summed E-state index contributed by atoms with van der Waals surface area (Å²) in [6.07, 6.45) is -4.11. The molecule has 1 aliphatic rings. The second-order valence-electron chi connectivity index (χ2n) is 3.71. The number of hydrogen-bond acceptors (Lipinski definition) is 2. The number of hydrogen-bond donors (Lipinski definition) is 1. The van der Waals surface area contributed by atoms with Crippen LogP contribution in [0.4, 0.5) is 13.2 Å². The van der Waals surface area contributed by atoms with E-state index >= 15 is 0 Å². The number of alkyl halides is 3. The average Bonchev–Trinajstić information content (AvgIpc) is 2.25. The fourth-order valence-electron chi connectivity index (χ4n) is 1.79. The van der Waals surface area contributed by atoms with Gasteiger partial charge in [0.15, 0.2) is 0 Å². The number of fused-ring (bicyclic) bond motifs is 1. The van der Waals surface area contributed by atoms with Crippen LogP contribution in [0.1, 0.15) is 17.4 Å². The molecule has 1 aromatic rings. The summed E-state index contributed by atoms with van der Waals surface area (Å²) >= 11 is 0. The van der Waals surface area contributed by atoms with E-state index in [2.05, 4.69) is 5.32 Å². The van der Waals surface area contributed by atoms with Crippen molar-refractivity contribution in [2.75, 3.05) is 13.2 Å². The number of rotatable bonds is 2.